The van der Waals surface area contributed by atoms with Gasteiger partial charge in [-0.05, 0) is 22.9 Å². The lowest BCUT2D eigenvalue weighted by Crippen LogP contribution is -2.49. The SMILES string of the molecule is N[C@@H](Cc1cnc[nH]1)C(=O)NNS(=O)(=O)c1ccc2ccccc2c1. The number of benzene rings is 2. The number of nitrogens with two attached hydrogens (primary N) is 1. The van der Waals surface area contributed by atoms with Crippen LogP contribution in [0.3, 0.4) is 0 Å². The summed E-state index contributed by atoms with van der Waals surface area (Å²) in [6.45, 7) is 0. The molecular weight excluding hydrogens is 342 g/mol. The van der Waals surface area contributed by atoms with E-state index >= 15 is 0 Å². The number of carbonyl (C=O) groups excluding carboxylic acids is 1. The molecule has 130 valence electrons. The van der Waals surface area contributed by atoms with Crippen molar-refractivity contribution >= 4 is 26.7 Å². The number of aromatic nitrogens is 2. The predicted octanol–water partition coefficient (Wildman–Crippen LogP) is 0.442. The topological polar surface area (TPSA) is 130 Å². The third-order valence-electron chi connectivity index (χ3n) is 3.67. The number of rotatable bonds is 6. The Morgan fingerprint density at radius 2 is 1.96 bits per heavy atom. The standard InChI is InChI=1S/C16H17N5O3S/c17-15(8-13-9-18-10-19-13)16(22)20-21-25(23,24)14-6-5-11-3-1-2-4-12(11)7-14/h1-7,9-10,15,21H,8,17H2,(H,18,19)(H,20,22)/t15-/m0/s1. The van der Waals surface area contributed by atoms with E-state index in [4.69, 9.17) is 5.73 Å². The minimum Gasteiger partial charge on any atom is -0.348 e. The highest BCUT2D eigenvalue weighted by molar-refractivity contribution is 7.89. The zero-order valence-electron chi connectivity index (χ0n) is 13.1. The average Bonchev–Trinajstić information content (AvgIpc) is 3.12. The van der Waals surface area contributed by atoms with Gasteiger partial charge in [-0.3, -0.25) is 10.2 Å². The van der Waals surface area contributed by atoms with Gasteiger partial charge in [-0.1, -0.05) is 30.3 Å². The molecule has 5 N–H and O–H groups in total. The first-order valence-corrected chi connectivity index (χ1v) is 8.97. The third kappa shape index (κ3) is 4.02. The fourth-order valence-electron chi connectivity index (χ4n) is 2.33. The molecule has 25 heavy (non-hydrogen) atoms. The molecule has 1 atom stereocenters. The van der Waals surface area contributed by atoms with Crippen LogP contribution in [0, 0.1) is 0 Å². The predicted molar refractivity (Wildman–Crippen MR) is 92.7 cm³/mol. The summed E-state index contributed by atoms with van der Waals surface area (Å²) in [5, 5.41) is 1.71. The molecule has 0 aliphatic heterocycles. The van der Waals surface area contributed by atoms with Crippen LogP contribution in [0.2, 0.25) is 0 Å². The summed E-state index contributed by atoms with van der Waals surface area (Å²) in [4.78, 5) is 20.7. The number of carbonyl (C=O) groups is 1. The van der Waals surface area contributed by atoms with Gasteiger partial charge in [0.25, 0.3) is 15.9 Å². The van der Waals surface area contributed by atoms with E-state index in [9.17, 15) is 13.2 Å². The summed E-state index contributed by atoms with van der Waals surface area (Å²) < 4.78 is 24.7. The Bertz CT molecular complexity index is 986. The molecule has 0 saturated carbocycles. The summed E-state index contributed by atoms with van der Waals surface area (Å²) in [6.07, 6.45) is 3.23. The van der Waals surface area contributed by atoms with Crippen LogP contribution in [0.15, 0.2) is 59.9 Å². The first-order chi connectivity index (χ1) is 12.0. The van der Waals surface area contributed by atoms with E-state index in [1.165, 1.54) is 18.5 Å². The van der Waals surface area contributed by atoms with Crippen LogP contribution in [0.1, 0.15) is 5.69 Å². The minimum atomic E-state index is -3.90. The van der Waals surface area contributed by atoms with Gasteiger partial charge < -0.3 is 10.7 Å². The highest BCUT2D eigenvalue weighted by Gasteiger charge is 2.19. The Morgan fingerprint density at radius 1 is 1.20 bits per heavy atom. The van der Waals surface area contributed by atoms with Crippen molar-refractivity contribution in [3.05, 3.63) is 60.7 Å². The molecule has 2 aromatic carbocycles. The molecule has 1 aromatic heterocycles. The first kappa shape index (κ1) is 17.1. The van der Waals surface area contributed by atoms with E-state index in [0.717, 1.165) is 10.8 Å². The molecule has 9 heteroatoms. The number of imidazole rings is 1. The van der Waals surface area contributed by atoms with Gasteiger partial charge in [-0.2, -0.15) is 0 Å². The minimum absolute atomic E-state index is 0.0497. The largest absolute Gasteiger partial charge is 0.348 e. The molecule has 3 aromatic rings. The number of nitrogens with one attached hydrogen (secondary N) is 3. The molecule has 3 rings (SSSR count). The Balaban J connectivity index is 1.67. The van der Waals surface area contributed by atoms with Gasteiger partial charge in [0.1, 0.15) is 0 Å². The molecule has 0 unspecified atom stereocenters. The molecule has 0 radical (unpaired) electrons. The second kappa shape index (κ2) is 7.01. The van der Waals surface area contributed by atoms with E-state index in [2.05, 4.69) is 20.2 Å². The number of nitrogens with zero attached hydrogens (tertiary/aromatic N) is 1. The number of aromatic amines is 1. The smallest absolute Gasteiger partial charge is 0.257 e. The van der Waals surface area contributed by atoms with Crippen LogP contribution in [0.5, 0.6) is 0 Å². The van der Waals surface area contributed by atoms with E-state index in [1.54, 1.807) is 12.3 Å². The summed E-state index contributed by atoms with van der Waals surface area (Å²) in [6, 6.07) is 11.2. The van der Waals surface area contributed by atoms with Crippen LogP contribution in [-0.2, 0) is 21.2 Å². The third-order valence-corrected chi connectivity index (χ3v) is 4.92. The van der Waals surface area contributed by atoms with Gasteiger partial charge >= 0.3 is 0 Å². The van der Waals surface area contributed by atoms with Crippen molar-refractivity contribution < 1.29 is 13.2 Å². The molecule has 1 heterocycles. The van der Waals surface area contributed by atoms with Crippen molar-refractivity contribution in [3.8, 4) is 0 Å². The number of hydrazine groups is 1. The lowest BCUT2D eigenvalue weighted by atomic mass is 10.1. The monoisotopic (exact) mass is 359 g/mol. The second-order valence-electron chi connectivity index (χ2n) is 5.49. The maximum atomic E-state index is 12.3. The number of hydrogen-bond donors (Lipinski definition) is 4. The highest BCUT2D eigenvalue weighted by Crippen LogP contribution is 2.18. The fraction of sp³-hybridized carbons (Fsp3) is 0.125. The Labute approximate surface area is 144 Å². The van der Waals surface area contributed by atoms with Gasteiger partial charge in [-0.15, -0.1) is 4.83 Å². The van der Waals surface area contributed by atoms with Crippen LogP contribution in [0.25, 0.3) is 10.8 Å². The molecule has 0 saturated heterocycles. The van der Waals surface area contributed by atoms with Gasteiger partial charge in [0.15, 0.2) is 0 Å². The molecule has 0 aliphatic carbocycles. The Hall–Kier alpha value is -2.75. The fourth-order valence-corrected chi connectivity index (χ4v) is 3.21. The molecule has 8 nitrogen and oxygen atoms in total. The zero-order chi connectivity index (χ0) is 17.9. The van der Waals surface area contributed by atoms with E-state index < -0.39 is 22.0 Å². The lowest BCUT2D eigenvalue weighted by molar-refractivity contribution is -0.122. The Kier molecular flexibility index (Phi) is 4.79. The number of H-pyrrole nitrogens is 1. The summed E-state index contributed by atoms with van der Waals surface area (Å²) in [5.74, 6) is -0.640. The summed E-state index contributed by atoms with van der Waals surface area (Å²) >= 11 is 0. The van der Waals surface area contributed by atoms with Crippen molar-refractivity contribution in [1.82, 2.24) is 20.2 Å². The second-order valence-corrected chi connectivity index (χ2v) is 7.17. The first-order valence-electron chi connectivity index (χ1n) is 7.49. The quantitative estimate of drug-likeness (QED) is 0.475. The van der Waals surface area contributed by atoms with E-state index in [-0.39, 0.29) is 11.3 Å². The normalized spacial score (nSPS) is 12.8. The molecule has 0 spiro atoms. The Morgan fingerprint density at radius 3 is 2.68 bits per heavy atom. The number of amides is 1. The molecule has 1 amide bonds. The highest BCUT2D eigenvalue weighted by atomic mass is 32.2. The number of fused-ring (bicyclic) bond motifs is 1. The van der Waals surface area contributed by atoms with Gasteiger partial charge in [0, 0.05) is 18.3 Å². The maximum absolute atomic E-state index is 12.3. The molecule has 0 bridgehead atoms. The molecule has 0 aliphatic rings. The van der Waals surface area contributed by atoms with Crippen molar-refractivity contribution in [1.29, 1.82) is 0 Å². The maximum Gasteiger partial charge on any atom is 0.257 e. The number of sulfonamides is 1. The van der Waals surface area contributed by atoms with Crippen molar-refractivity contribution in [2.75, 3.05) is 0 Å². The lowest BCUT2D eigenvalue weighted by Gasteiger charge is -2.13. The van der Waals surface area contributed by atoms with Gasteiger partial charge in [0.2, 0.25) is 0 Å². The van der Waals surface area contributed by atoms with Crippen LogP contribution < -0.4 is 16.0 Å². The summed E-state index contributed by atoms with van der Waals surface area (Å²) in [7, 11) is -3.90. The zero-order valence-corrected chi connectivity index (χ0v) is 14.0. The van der Waals surface area contributed by atoms with E-state index in [0.29, 0.717) is 5.69 Å². The molecular formula is C16H17N5O3S. The number of hydrogen-bond acceptors (Lipinski definition) is 5. The van der Waals surface area contributed by atoms with Gasteiger partial charge in [-0.25, -0.2) is 13.4 Å². The van der Waals surface area contributed by atoms with E-state index in [1.807, 2.05) is 24.3 Å². The van der Waals surface area contributed by atoms with Crippen LogP contribution in [-0.4, -0.2) is 30.3 Å². The average molecular weight is 359 g/mol. The summed E-state index contributed by atoms with van der Waals surface area (Å²) in [5.41, 5.74) is 8.58. The van der Waals surface area contributed by atoms with Crippen LogP contribution in [0.4, 0.5) is 0 Å². The van der Waals surface area contributed by atoms with Crippen LogP contribution >= 0.6 is 0 Å². The molecule has 0 fully saturated rings. The van der Waals surface area contributed by atoms with Crippen molar-refractivity contribution in [2.24, 2.45) is 5.73 Å². The van der Waals surface area contributed by atoms with Gasteiger partial charge in [0.05, 0.1) is 17.3 Å². The van der Waals surface area contributed by atoms with Crippen molar-refractivity contribution in [2.45, 2.75) is 17.4 Å². The van der Waals surface area contributed by atoms with Crippen molar-refractivity contribution in [3.63, 3.8) is 0 Å².